The summed E-state index contributed by atoms with van der Waals surface area (Å²) in [6.45, 7) is 68.0. The first-order valence-electron chi connectivity index (χ1n) is 45.1. The lowest BCUT2D eigenvalue weighted by molar-refractivity contribution is -0.0758. The van der Waals surface area contributed by atoms with Crippen LogP contribution in [0.3, 0.4) is 0 Å². The molecule has 0 amide bonds. The second-order valence-corrected chi connectivity index (χ2v) is 42.7. The number of piperidine rings is 4. The summed E-state index contributed by atoms with van der Waals surface area (Å²) in [4.78, 5) is 23.9. The molecule has 11 heterocycles. The molecule has 11 aliphatic heterocycles. The van der Waals surface area contributed by atoms with Crippen LogP contribution >= 0.6 is 0 Å². The van der Waals surface area contributed by atoms with Crippen LogP contribution < -0.4 is 0 Å². The molecule has 594 valence electrons. The smallest absolute Gasteiger partial charge is 0.0651 e. The predicted octanol–water partition coefficient (Wildman–Crippen LogP) is 20.7. The highest BCUT2D eigenvalue weighted by molar-refractivity contribution is 5.29. The molecule has 7 aliphatic carbocycles. The first-order chi connectivity index (χ1) is 48.6. The average molecular weight is 1430 g/mol. The van der Waals surface area contributed by atoms with Crippen LogP contribution in [-0.2, 0) is 17.7 Å². The van der Waals surface area contributed by atoms with Crippen LogP contribution in [0.25, 0.3) is 0 Å². The lowest BCUT2D eigenvalue weighted by Gasteiger charge is -2.57. The van der Waals surface area contributed by atoms with E-state index < -0.39 is 0 Å². The quantitative estimate of drug-likeness (QED) is 0.275. The second-order valence-electron chi connectivity index (χ2n) is 42.7. The fourth-order valence-corrected chi connectivity index (χ4v) is 22.9. The molecule has 10 heteroatoms. The summed E-state index contributed by atoms with van der Waals surface area (Å²) in [5, 5.41) is 0. The van der Waals surface area contributed by atoms with E-state index in [4.69, 9.17) is 4.74 Å². The lowest BCUT2D eigenvalue weighted by atomic mass is 9.63. The van der Waals surface area contributed by atoms with Crippen LogP contribution in [-0.4, -0.2) is 217 Å². The van der Waals surface area contributed by atoms with Gasteiger partial charge in [0.1, 0.15) is 0 Å². The maximum absolute atomic E-state index is 5.52. The summed E-state index contributed by atoms with van der Waals surface area (Å²) >= 11 is 0. The van der Waals surface area contributed by atoms with Crippen molar-refractivity contribution in [1.82, 2.24) is 44.1 Å². The van der Waals surface area contributed by atoms with E-state index in [2.05, 4.69) is 214 Å². The molecule has 0 radical (unpaired) electrons. The largest absolute Gasteiger partial charge is 0.379 e. The van der Waals surface area contributed by atoms with E-state index in [1.807, 2.05) is 0 Å². The number of hydrogen-bond acceptors (Lipinski definition) is 10. The molecule has 1 aromatic carbocycles. The molecule has 19 rings (SSSR count). The normalized spacial score (nSPS) is 30.9. The van der Waals surface area contributed by atoms with Crippen molar-refractivity contribution >= 4 is 0 Å². The number of rotatable bonds is 6. The molecule has 3 atom stereocenters. The summed E-state index contributed by atoms with van der Waals surface area (Å²) in [6, 6.07) is 15.2. The van der Waals surface area contributed by atoms with Gasteiger partial charge in [-0.05, 0) is 404 Å². The van der Waals surface area contributed by atoms with Gasteiger partial charge in [-0.25, -0.2) is 0 Å². The minimum atomic E-state index is 0.299. The molecule has 0 aromatic heterocycles. The highest BCUT2D eigenvalue weighted by atomic mass is 16.5. The zero-order valence-corrected chi connectivity index (χ0v) is 72.3. The first-order valence-corrected chi connectivity index (χ1v) is 45.1. The van der Waals surface area contributed by atoms with E-state index in [9.17, 15) is 0 Å². The van der Waals surface area contributed by atoms with E-state index in [0.717, 1.165) is 90.1 Å². The zero-order valence-electron chi connectivity index (χ0n) is 72.3. The Balaban J connectivity index is 0.000000125. The molecule has 0 N–H and O–H groups in total. The van der Waals surface area contributed by atoms with Crippen LogP contribution in [0.15, 0.2) is 24.3 Å². The first kappa shape index (κ1) is 84.3. The van der Waals surface area contributed by atoms with Crippen LogP contribution in [0.5, 0.6) is 0 Å². The Morgan fingerprint density at radius 1 is 0.379 bits per heavy atom. The van der Waals surface area contributed by atoms with Gasteiger partial charge in [-0.1, -0.05) is 49.9 Å². The summed E-state index contributed by atoms with van der Waals surface area (Å²) in [5.74, 6) is 2.09. The van der Waals surface area contributed by atoms with Gasteiger partial charge in [-0.2, -0.15) is 0 Å². The Morgan fingerprint density at radius 3 is 1.24 bits per heavy atom. The molecular weight excluding hydrogens is 1260 g/mol. The maximum Gasteiger partial charge on any atom is 0.0651 e. The van der Waals surface area contributed by atoms with E-state index in [-0.39, 0.29) is 0 Å². The van der Waals surface area contributed by atoms with Crippen molar-refractivity contribution in [3.63, 3.8) is 0 Å². The molecule has 103 heavy (non-hydrogen) atoms. The number of nitrogens with zero attached hydrogens (tertiary/aromatic N) is 9. The number of ether oxygens (including phenoxy) is 1. The Bertz CT molecular complexity index is 2600. The monoisotopic (exact) mass is 1430 g/mol. The molecule has 6 spiro atoms. The molecule has 18 aliphatic rings. The van der Waals surface area contributed by atoms with Crippen molar-refractivity contribution < 1.29 is 4.74 Å². The Kier molecular flexibility index (Phi) is 29.2. The molecule has 3 unspecified atom stereocenters. The lowest BCUT2D eigenvalue weighted by Crippen LogP contribution is -2.61. The zero-order chi connectivity index (χ0) is 74.4. The third-order valence-corrected chi connectivity index (χ3v) is 30.3. The molecule has 2 bridgehead atoms. The van der Waals surface area contributed by atoms with Crippen molar-refractivity contribution in [2.45, 2.75) is 439 Å². The molecule has 7 saturated carbocycles. The Labute approximate surface area is 639 Å². The second kappa shape index (κ2) is 35.7. The van der Waals surface area contributed by atoms with Crippen molar-refractivity contribution in [2.24, 2.45) is 28.1 Å². The highest BCUT2D eigenvalue weighted by Gasteiger charge is 2.53. The molecule has 10 nitrogen and oxygen atoms in total. The van der Waals surface area contributed by atoms with Crippen molar-refractivity contribution in [1.29, 1.82) is 0 Å². The summed E-state index contributed by atoms with van der Waals surface area (Å²) < 4.78 is 5.52. The number of fused-ring (bicyclic) bond motifs is 5. The van der Waals surface area contributed by atoms with Crippen LogP contribution in [0, 0.1) is 28.1 Å². The minimum absolute atomic E-state index is 0.299. The van der Waals surface area contributed by atoms with Gasteiger partial charge in [-0.15, -0.1) is 0 Å². The van der Waals surface area contributed by atoms with Crippen LogP contribution in [0.2, 0.25) is 0 Å². The third kappa shape index (κ3) is 22.2. The van der Waals surface area contributed by atoms with Gasteiger partial charge in [0.05, 0.1) is 6.61 Å². The highest BCUT2D eigenvalue weighted by Crippen LogP contribution is 2.54. The van der Waals surface area contributed by atoms with E-state index in [1.165, 1.54) is 295 Å². The van der Waals surface area contributed by atoms with Gasteiger partial charge in [-0.3, -0.25) is 34.3 Å². The maximum atomic E-state index is 5.52. The van der Waals surface area contributed by atoms with Crippen LogP contribution in [0.1, 0.15) is 356 Å². The summed E-state index contributed by atoms with van der Waals surface area (Å²) in [5.41, 5.74) is 8.41. The fraction of sp³-hybridized carbons (Fsp3) is 0.935. The van der Waals surface area contributed by atoms with E-state index >= 15 is 0 Å². The number of hydrogen-bond donors (Lipinski definition) is 0. The molecule has 1 aromatic rings. The Morgan fingerprint density at radius 2 is 0.845 bits per heavy atom. The molecule has 10 saturated heterocycles. The van der Waals surface area contributed by atoms with Gasteiger partial charge in [0, 0.05) is 134 Å². The van der Waals surface area contributed by atoms with Gasteiger partial charge >= 0.3 is 0 Å². The third-order valence-electron chi connectivity index (χ3n) is 30.3. The van der Waals surface area contributed by atoms with Gasteiger partial charge in [0.15, 0.2) is 0 Å². The average Bonchev–Trinajstić information content (AvgIpc) is 1.58. The topological polar surface area (TPSA) is 38.4 Å². The van der Waals surface area contributed by atoms with Crippen molar-refractivity contribution in [2.75, 3.05) is 91.8 Å². The van der Waals surface area contributed by atoms with Gasteiger partial charge in [0.2, 0.25) is 0 Å². The standard InChI is InChI=1S/C13H19N.3C11H21N.C10H19NO.C10H19N.3C9H17N/c1-13(2,3)14-9-8-11-6-4-5-7-12(11)10-14;1-11(2,3)12-8-9-4-6-10(12)7-5-9;1-10(2)12-8-4-7-11(9-12)5-3-6-11;1-10(2)12-9-5-8-11(12)6-3-4-7-11;1-9(2)11-6-3-4-10(11)5-7-12-8-10;1-10(2,3)11-6-4-5-8-7-9(8)11;1-8(2)10-6-5-9(7-10)3-4-9;1-8(2)10-7-3-4-9(10)5-6-9;1-8(2)10-6-9(7-10)4-3-5-9/h4-7H,8-10H2,1-3H3;9-10H,4-8H2,1-3H3;2*10H,3-9H2,1-2H3;9H,3-8H2,1-2H3;8-9H,4-7H2,1-3H3;3*8H,3-7H2,1-2H3. The van der Waals surface area contributed by atoms with Crippen molar-refractivity contribution in [3.8, 4) is 0 Å². The van der Waals surface area contributed by atoms with Crippen LogP contribution in [0.4, 0.5) is 0 Å². The van der Waals surface area contributed by atoms with E-state index in [1.54, 1.807) is 0 Å². The number of benzene rings is 1. The Hall–Kier alpha value is -1.18. The van der Waals surface area contributed by atoms with Gasteiger partial charge in [0.25, 0.3) is 0 Å². The summed E-state index contributed by atoms with van der Waals surface area (Å²) in [6.07, 6.45) is 46.7. The number of likely N-dealkylation sites (tertiary alicyclic amines) is 7. The fourth-order valence-electron chi connectivity index (χ4n) is 22.9. The van der Waals surface area contributed by atoms with Gasteiger partial charge < -0.3 is 14.5 Å². The summed E-state index contributed by atoms with van der Waals surface area (Å²) in [7, 11) is 0. The minimum Gasteiger partial charge on any atom is -0.379 e. The molecule has 17 fully saturated rings. The predicted molar refractivity (Wildman–Crippen MR) is 443 cm³/mol. The van der Waals surface area contributed by atoms with E-state index in [0.29, 0.717) is 39.3 Å². The van der Waals surface area contributed by atoms with Crippen molar-refractivity contribution in [3.05, 3.63) is 35.4 Å². The molecular formula is C93H171N9O. The SMILES string of the molecule is CC(C)(C)N1CC2CCC1CC2.CC(C)(C)N1CCCC2CC21.CC(C)(C)N1CCc2ccccc2C1.CC(C)N1CC2(CCC2)C1.CC(C)N1CCC2(CC2)C1.CC(C)N1CCCC12CC2.CC(C)N1CCCC12CCCC2.CC(C)N1CCCC12CCOC2.CC(C)N1CCCC2(CCC2)C1.